The van der Waals surface area contributed by atoms with Gasteiger partial charge in [0.25, 0.3) is 0 Å². The van der Waals surface area contributed by atoms with Crippen molar-refractivity contribution < 1.29 is 9.59 Å². The van der Waals surface area contributed by atoms with Crippen molar-refractivity contribution in [3.05, 3.63) is 34.9 Å². The number of rotatable bonds is 2. The summed E-state index contributed by atoms with van der Waals surface area (Å²) in [6.45, 7) is 1.94. The number of urea groups is 1. The molecule has 16 heavy (non-hydrogen) atoms. The number of benzene rings is 1. The monoisotopic (exact) mass is 238 g/mol. The van der Waals surface area contributed by atoms with E-state index in [1.807, 2.05) is 25.1 Å². The Morgan fingerprint density at radius 2 is 2.06 bits per heavy atom. The number of carbonyl (C=O) groups is 2. The maximum Gasteiger partial charge on any atom is 0.325 e. The Morgan fingerprint density at radius 3 is 2.62 bits per heavy atom. The van der Waals surface area contributed by atoms with Crippen LogP contribution >= 0.6 is 11.6 Å². The minimum absolute atomic E-state index is 0.0885. The molecule has 5 heteroatoms. The molecule has 1 N–H and O–H groups in total. The van der Waals surface area contributed by atoms with E-state index in [0.717, 1.165) is 5.56 Å². The van der Waals surface area contributed by atoms with Gasteiger partial charge in [-0.05, 0) is 18.6 Å². The van der Waals surface area contributed by atoms with Crippen molar-refractivity contribution in [1.29, 1.82) is 0 Å². The Kier molecular flexibility index (Phi) is 2.83. The highest BCUT2D eigenvalue weighted by molar-refractivity contribution is 6.31. The van der Waals surface area contributed by atoms with E-state index in [0.29, 0.717) is 5.02 Å². The topological polar surface area (TPSA) is 49.4 Å². The van der Waals surface area contributed by atoms with Crippen LogP contribution in [0.25, 0.3) is 0 Å². The van der Waals surface area contributed by atoms with Crippen LogP contribution in [0.15, 0.2) is 24.3 Å². The number of imide groups is 1. The van der Waals surface area contributed by atoms with Crippen molar-refractivity contribution in [2.75, 3.05) is 6.54 Å². The van der Waals surface area contributed by atoms with Crippen LogP contribution in [0.2, 0.25) is 5.02 Å². The van der Waals surface area contributed by atoms with Gasteiger partial charge in [0.2, 0.25) is 5.91 Å². The first-order valence-corrected chi connectivity index (χ1v) is 5.32. The van der Waals surface area contributed by atoms with E-state index in [1.54, 1.807) is 6.07 Å². The molecule has 0 bridgehead atoms. The van der Waals surface area contributed by atoms with Gasteiger partial charge in [0.15, 0.2) is 0 Å². The van der Waals surface area contributed by atoms with Crippen molar-refractivity contribution >= 4 is 23.5 Å². The molecule has 84 valence electrons. The van der Waals surface area contributed by atoms with Gasteiger partial charge in [0, 0.05) is 5.02 Å². The Hall–Kier alpha value is -1.55. The van der Waals surface area contributed by atoms with E-state index in [2.05, 4.69) is 5.32 Å². The zero-order valence-electron chi connectivity index (χ0n) is 8.74. The summed E-state index contributed by atoms with van der Waals surface area (Å²) in [5.41, 5.74) is 0.842. The number of carbonyl (C=O) groups excluding carboxylic acids is 2. The molecule has 1 aromatic rings. The molecule has 1 heterocycles. The van der Waals surface area contributed by atoms with Crippen LogP contribution < -0.4 is 5.32 Å². The fourth-order valence-electron chi connectivity index (χ4n) is 1.75. The zero-order valence-corrected chi connectivity index (χ0v) is 9.49. The van der Waals surface area contributed by atoms with Gasteiger partial charge in [-0.15, -0.1) is 0 Å². The number of halogens is 1. The predicted octanol–water partition coefficient (Wildman–Crippen LogP) is 1.95. The minimum atomic E-state index is -0.364. The maximum atomic E-state index is 11.5. The summed E-state index contributed by atoms with van der Waals surface area (Å²) in [6.07, 6.45) is 0. The zero-order chi connectivity index (χ0) is 11.7. The van der Waals surface area contributed by atoms with Crippen molar-refractivity contribution in [2.45, 2.75) is 13.0 Å². The smallest absolute Gasteiger partial charge is 0.308 e. The molecule has 1 aromatic carbocycles. The summed E-state index contributed by atoms with van der Waals surface area (Å²) in [5.74, 6) is -0.274. The Morgan fingerprint density at radius 1 is 1.38 bits per heavy atom. The van der Waals surface area contributed by atoms with Gasteiger partial charge < -0.3 is 4.90 Å². The lowest BCUT2D eigenvalue weighted by atomic mass is 10.1. The molecule has 0 aromatic heterocycles. The third-order valence-corrected chi connectivity index (χ3v) is 2.99. The quantitative estimate of drug-likeness (QED) is 0.801. The summed E-state index contributed by atoms with van der Waals surface area (Å²) in [5, 5.41) is 2.84. The normalized spacial score (nSPS) is 17.5. The highest BCUT2D eigenvalue weighted by atomic mass is 35.5. The van der Waals surface area contributed by atoms with Crippen LogP contribution in [0, 0.1) is 0 Å². The SMILES string of the molecule is CC(c1ccccc1Cl)N1CC(=O)NC1=O. The standard InChI is InChI=1S/C11H11ClN2O2/c1-7(8-4-2-3-5-9(8)12)14-6-10(15)13-11(14)16/h2-5,7H,6H2,1H3,(H,13,15,16). The fourth-order valence-corrected chi connectivity index (χ4v) is 2.05. The molecule has 2 rings (SSSR count). The third kappa shape index (κ3) is 1.88. The van der Waals surface area contributed by atoms with Crippen LogP contribution in [0.3, 0.4) is 0 Å². The molecule has 1 unspecified atom stereocenters. The Balaban J connectivity index is 2.26. The lowest BCUT2D eigenvalue weighted by Gasteiger charge is -2.23. The lowest BCUT2D eigenvalue weighted by Crippen LogP contribution is -2.30. The second-order valence-electron chi connectivity index (χ2n) is 3.68. The summed E-state index contributed by atoms with van der Waals surface area (Å²) in [4.78, 5) is 24.0. The number of amides is 3. The van der Waals surface area contributed by atoms with Gasteiger partial charge >= 0.3 is 6.03 Å². The van der Waals surface area contributed by atoms with Gasteiger partial charge in [-0.25, -0.2) is 4.79 Å². The summed E-state index contributed by atoms with van der Waals surface area (Å²) < 4.78 is 0. The van der Waals surface area contributed by atoms with Gasteiger partial charge in [-0.2, -0.15) is 0 Å². The maximum absolute atomic E-state index is 11.5. The van der Waals surface area contributed by atoms with Gasteiger partial charge in [-0.3, -0.25) is 10.1 Å². The lowest BCUT2D eigenvalue weighted by molar-refractivity contribution is -0.118. The summed E-state index contributed by atoms with van der Waals surface area (Å²) in [6, 6.07) is 6.73. The molecule has 1 atom stereocenters. The summed E-state index contributed by atoms with van der Waals surface area (Å²) in [7, 11) is 0. The van der Waals surface area contributed by atoms with Gasteiger partial charge in [0.05, 0.1) is 6.04 Å². The molecular formula is C11H11ClN2O2. The molecular weight excluding hydrogens is 228 g/mol. The van der Waals surface area contributed by atoms with E-state index in [4.69, 9.17) is 11.6 Å². The Bertz CT molecular complexity index is 447. The first kappa shape index (κ1) is 11.0. The fraction of sp³-hybridized carbons (Fsp3) is 0.273. The van der Waals surface area contributed by atoms with E-state index < -0.39 is 0 Å². The molecule has 0 radical (unpaired) electrons. The van der Waals surface area contributed by atoms with E-state index in [9.17, 15) is 9.59 Å². The highest BCUT2D eigenvalue weighted by Crippen LogP contribution is 2.27. The van der Waals surface area contributed by atoms with Crippen LogP contribution in [-0.4, -0.2) is 23.4 Å². The van der Waals surface area contributed by atoms with E-state index in [1.165, 1.54) is 4.90 Å². The van der Waals surface area contributed by atoms with Crippen LogP contribution in [0.4, 0.5) is 4.79 Å². The number of nitrogens with zero attached hydrogens (tertiary/aromatic N) is 1. The predicted molar refractivity (Wildman–Crippen MR) is 60.1 cm³/mol. The van der Waals surface area contributed by atoms with E-state index >= 15 is 0 Å². The average molecular weight is 239 g/mol. The highest BCUT2D eigenvalue weighted by Gasteiger charge is 2.31. The third-order valence-electron chi connectivity index (χ3n) is 2.64. The minimum Gasteiger partial charge on any atom is -0.308 e. The Labute approximate surface area is 98.2 Å². The van der Waals surface area contributed by atoms with Gasteiger partial charge in [-0.1, -0.05) is 29.8 Å². The number of hydrogen-bond donors (Lipinski definition) is 1. The van der Waals surface area contributed by atoms with Crippen LogP contribution in [0.5, 0.6) is 0 Å². The average Bonchev–Trinajstić information content (AvgIpc) is 2.58. The molecule has 3 amide bonds. The first-order valence-electron chi connectivity index (χ1n) is 4.94. The molecule has 1 aliphatic rings. The molecule has 0 spiro atoms. The van der Waals surface area contributed by atoms with Crippen molar-refractivity contribution in [3.8, 4) is 0 Å². The molecule has 1 saturated heterocycles. The molecule has 0 aliphatic carbocycles. The van der Waals surface area contributed by atoms with Crippen molar-refractivity contribution in [2.24, 2.45) is 0 Å². The first-order chi connectivity index (χ1) is 7.59. The number of nitrogens with one attached hydrogen (secondary N) is 1. The largest absolute Gasteiger partial charge is 0.325 e. The molecule has 0 saturated carbocycles. The molecule has 1 fully saturated rings. The van der Waals surface area contributed by atoms with Crippen molar-refractivity contribution in [3.63, 3.8) is 0 Å². The second-order valence-corrected chi connectivity index (χ2v) is 4.09. The summed E-state index contributed by atoms with van der Waals surface area (Å²) >= 11 is 6.04. The molecule has 4 nitrogen and oxygen atoms in total. The van der Waals surface area contributed by atoms with E-state index in [-0.39, 0.29) is 24.5 Å². The van der Waals surface area contributed by atoms with Gasteiger partial charge in [0.1, 0.15) is 6.54 Å². The van der Waals surface area contributed by atoms with Crippen LogP contribution in [-0.2, 0) is 4.79 Å². The second kappa shape index (κ2) is 4.14. The number of hydrogen-bond acceptors (Lipinski definition) is 2. The van der Waals surface area contributed by atoms with Crippen molar-refractivity contribution in [1.82, 2.24) is 10.2 Å². The van der Waals surface area contributed by atoms with Crippen LogP contribution in [0.1, 0.15) is 18.5 Å². The molecule has 1 aliphatic heterocycles.